The molecular weight excluding hydrogens is 511 g/mol. The first-order valence-electron chi connectivity index (χ1n) is 12.9. The van der Waals surface area contributed by atoms with Gasteiger partial charge in [0.25, 0.3) is 12.3 Å². The third-order valence-corrected chi connectivity index (χ3v) is 6.76. The fourth-order valence-electron chi connectivity index (χ4n) is 4.69. The Hall–Kier alpha value is -3.48. The summed E-state index contributed by atoms with van der Waals surface area (Å²) in [6.07, 6.45) is -0.968. The van der Waals surface area contributed by atoms with Crippen LogP contribution >= 0.6 is 0 Å². The predicted octanol–water partition coefficient (Wildman–Crippen LogP) is 2.67. The second kappa shape index (κ2) is 12.6. The maximum Gasteiger partial charge on any atom is 0.257 e. The molecular formula is C27H34F3N7O2. The van der Waals surface area contributed by atoms with Gasteiger partial charge in [0.2, 0.25) is 5.91 Å². The average Bonchev–Trinajstić information content (AvgIpc) is 3.47. The van der Waals surface area contributed by atoms with Crippen molar-refractivity contribution in [3.63, 3.8) is 0 Å². The molecule has 2 N–H and O–H groups in total. The van der Waals surface area contributed by atoms with E-state index in [1.807, 2.05) is 18.9 Å². The first-order valence-corrected chi connectivity index (χ1v) is 12.9. The molecule has 0 spiro atoms. The number of fused-ring (bicyclic) bond motifs is 2. The molecule has 0 saturated heterocycles. The lowest BCUT2D eigenvalue weighted by Gasteiger charge is -2.28. The number of likely N-dealkylation sites (N-methyl/N-ethyl adjacent to an activating group) is 2. The fourth-order valence-corrected chi connectivity index (χ4v) is 4.69. The number of carbonyl (C=O) groups excluding carboxylic acids is 2. The predicted molar refractivity (Wildman–Crippen MR) is 143 cm³/mol. The van der Waals surface area contributed by atoms with Gasteiger partial charge in [-0.05, 0) is 54.4 Å². The largest absolute Gasteiger partial charge is 0.315 e. The Labute approximate surface area is 225 Å². The van der Waals surface area contributed by atoms with E-state index in [0.29, 0.717) is 42.8 Å². The topological polar surface area (TPSA) is 85.7 Å². The van der Waals surface area contributed by atoms with Crippen molar-refractivity contribution in [3.8, 4) is 0 Å². The molecule has 2 heterocycles. The van der Waals surface area contributed by atoms with E-state index in [9.17, 15) is 22.8 Å². The lowest BCUT2D eigenvalue weighted by molar-refractivity contribution is -0.145. The van der Waals surface area contributed by atoms with Crippen LogP contribution in [-0.2, 0) is 29.2 Å². The van der Waals surface area contributed by atoms with Gasteiger partial charge in [0.05, 0.1) is 18.6 Å². The van der Waals surface area contributed by atoms with Crippen LogP contribution in [0.15, 0.2) is 36.5 Å². The summed E-state index contributed by atoms with van der Waals surface area (Å²) in [4.78, 5) is 27.8. The highest BCUT2D eigenvalue weighted by Gasteiger charge is 2.26. The maximum absolute atomic E-state index is 13.5. The molecule has 9 nitrogen and oxygen atoms in total. The smallest absolute Gasteiger partial charge is 0.257 e. The molecule has 39 heavy (non-hydrogen) atoms. The van der Waals surface area contributed by atoms with Crippen molar-refractivity contribution in [2.75, 3.05) is 44.7 Å². The molecule has 0 atom stereocenters. The number of rotatable bonds is 12. The highest BCUT2D eigenvalue weighted by molar-refractivity contribution is 5.98. The number of alkyl halides is 2. The summed E-state index contributed by atoms with van der Waals surface area (Å²) < 4.78 is 40.4. The molecule has 2 aromatic carbocycles. The Morgan fingerprint density at radius 3 is 2.56 bits per heavy atom. The van der Waals surface area contributed by atoms with Gasteiger partial charge in [-0.1, -0.05) is 13.0 Å². The van der Waals surface area contributed by atoms with Crippen molar-refractivity contribution >= 4 is 28.4 Å². The van der Waals surface area contributed by atoms with Crippen LogP contribution in [0.3, 0.4) is 0 Å². The summed E-state index contributed by atoms with van der Waals surface area (Å²) in [7, 11) is 1.66. The number of aromatic nitrogens is 2. The third-order valence-electron chi connectivity index (χ3n) is 6.76. The zero-order chi connectivity index (χ0) is 28.1. The number of amides is 2. The van der Waals surface area contributed by atoms with Crippen molar-refractivity contribution in [1.82, 2.24) is 30.4 Å². The molecule has 0 aliphatic carbocycles. The Balaban J connectivity index is 1.39. The van der Waals surface area contributed by atoms with Crippen LogP contribution in [-0.4, -0.2) is 77.8 Å². The van der Waals surface area contributed by atoms with Gasteiger partial charge in [-0.2, -0.15) is 5.10 Å². The van der Waals surface area contributed by atoms with E-state index in [4.69, 9.17) is 0 Å². The summed E-state index contributed by atoms with van der Waals surface area (Å²) in [5.41, 5.74) is 3.85. The van der Waals surface area contributed by atoms with E-state index in [-0.39, 0.29) is 30.7 Å². The number of aryl methyl sites for hydroxylation is 1. The van der Waals surface area contributed by atoms with E-state index in [1.165, 1.54) is 21.8 Å². The number of carbonyl (C=O) groups is 2. The molecule has 0 radical (unpaired) electrons. The van der Waals surface area contributed by atoms with Crippen molar-refractivity contribution in [2.45, 2.75) is 39.9 Å². The molecule has 1 aromatic heterocycles. The van der Waals surface area contributed by atoms with Gasteiger partial charge in [-0.3, -0.25) is 24.6 Å². The van der Waals surface area contributed by atoms with Gasteiger partial charge >= 0.3 is 0 Å². The number of hydrazine groups is 1. The van der Waals surface area contributed by atoms with Crippen LogP contribution in [0.5, 0.6) is 0 Å². The average molecular weight is 546 g/mol. The molecule has 0 unspecified atom stereocenters. The lowest BCUT2D eigenvalue weighted by atomic mass is 10.1. The lowest BCUT2D eigenvalue weighted by Crippen LogP contribution is -2.47. The minimum absolute atomic E-state index is 0.0527. The van der Waals surface area contributed by atoms with Gasteiger partial charge in [0, 0.05) is 50.5 Å². The molecule has 12 heteroatoms. The van der Waals surface area contributed by atoms with E-state index in [1.54, 1.807) is 36.3 Å². The van der Waals surface area contributed by atoms with Crippen LogP contribution in [0.2, 0.25) is 0 Å². The molecule has 0 fully saturated rings. The van der Waals surface area contributed by atoms with Crippen molar-refractivity contribution < 1.29 is 22.8 Å². The molecule has 1 aliphatic heterocycles. The Kier molecular flexibility index (Phi) is 9.20. The quantitative estimate of drug-likeness (QED) is 0.341. The molecule has 2 amide bonds. The van der Waals surface area contributed by atoms with Crippen molar-refractivity contribution in [3.05, 3.63) is 59.0 Å². The Bertz CT molecular complexity index is 1330. The Morgan fingerprint density at radius 1 is 1.08 bits per heavy atom. The second-order valence-corrected chi connectivity index (χ2v) is 9.60. The summed E-state index contributed by atoms with van der Waals surface area (Å²) in [6.45, 7) is 5.82. The van der Waals surface area contributed by atoms with Gasteiger partial charge in [0.15, 0.2) is 0 Å². The van der Waals surface area contributed by atoms with Gasteiger partial charge in [-0.25, -0.2) is 18.2 Å². The van der Waals surface area contributed by atoms with Crippen LogP contribution in [0.4, 0.5) is 18.9 Å². The normalized spacial score (nSPS) is 13.3. The standard InChI is InChI=1S/C27H34F3N7O2/c1-4-31-7-8-37(24-11-21-14-35(17-25(29)30)33-23(21)9-18(24)2)27(39)13-32-12-26(38)34(3)36-15-19-5-6-22(28)10-20(19)16-36/h5-6,9-11,14,25,31-32H,4,7-8,12-13,15-17H2,1-3H3. The molecule has 1 aliphatic rings. The zero-order valence-corrected chi connectivity index (χ0v) is 22.4. The SMILES string of the molecule is CCNCCN(C(=O)CNCC(=O)N(C)N1Cc2ccc(F)cc2C1)c1cc2cn(CC(F)F)nc2cc1C. The minimum atomic E-state index is -2.52. The van der Waals surface area contributed by atoms with E-state index >= 15 is 0 Å². The van der Waals surface area contributed by atoms with Crippen LogP contribution < -0.4 is 15.5 Å². The van der Waals surface area contributed by atoms with Crippen LogP contribution in [0, 0.1) is 12.7 Å². The zero-order valence-electron chi connectivity index (χ0n) is 22.4. The molecule has 210 valence electrons. The molecule has 0 bridgehead atoms. The summed E-state index contributed by atoms with van der Waals surface area (Å²) in [5, 5.41) is 14.4. The second-order valence-electron chi connectivity index (χ2n) is 9.60. The summed E-state index contributed by atoms with van der Waals surface area (Å²) >= 11 is 0. The van der Waals surface area contributed by atoms with Gasteiger partial charge in [0.1, 0.15) is 12.4 Å². The molecule has 4 rings (SSSR count). The molecule has 3 aromatic rings. The number of benzene rings is 2. The van der Waals surface area contributed by atoms with Crippen molar-refractivity contribution in [2.24, 2.45) is 0 Å². The number of anilines is 1. The first-order chi connectivity index (χ1) is 18.7. The number of hydrogen-bond acceptors (Lipinski definition) is 6. The highest BCUT2D eigenvalue weighted by atomic mass is 19.3. The van der Waals surface area contributed by atoms with Crippen molar-refractivity contribution in [1.29, 1.82) is 0 Å². The van der Waals surface area contributed by atoms with E-state index in [0.717, 1.165) is 23.2 Å². The van der Waals surface area contributed by atoms with E-state index < -0.39 is 13.0 Å². The number of nitrogens with one attached hydrogen (secondary N) is 2. The molecule has 0 saturated carbocycles. The Morgan fingerprint density at radius 2 is 1.82 bits per heavy atom. The van der Waals surface area contributed by atoms with Crippen LogP contribution in [0.25, 0.3) is 10.9 Å². The third kappa shape index (κ3) is 6.94. The van der Waals surface area contributed by atoms with Crippen LogP contribution in [0.1, 0.15) is 23.6 Å². The van der Waals surface area contributed by atoms with Gasteiger partial charge < -0.3 is 10.2 Å². The first kappa shape index (κ1) is 28.5. The number of halogens is 3. The van der Waals surface area contributed by atoms with Gasteiger partial charge in [-0.15, -0.1) is 0 Å². The fraction of sp³-hybridized carbons (Fsp3) is 0.444. The number of nitrogens with zero attached hydrogens (tertiary/aromatic N) is 5. The summed E-state index contributed by atoms with van der Waals surface area (Å²) in [6, 6.07) is 8.19. The highest BCUT2D eigenvalue weighted by Crippen LogP contribution is 2.27. The maximum atomic E-state index is 13.5. The summed E-state index contributed by atoms with van der Waals surface area (Å²) in [5.74, 6) is -0.756. The van der Waals surface area contributed by atoms with E-state index in [2.05, 4.69) is 15.7 Å². The number of hydrogen-bond donors (Lipinski definition) is 2. The minimum Gasteiger partial charge on any atom is -0.315 e. The monoisotopic (exact) mass is 545 g/mol.